The number of nitrogens with one attached hydrogen (secondary N) is 1. The number of carbonyl (C=O) groups is 2. The van der Waals surface area contributed by atoms with Gasteiger partial charge in [0.2, 0.25) is 5.91 Å². The molecule has 5 N–H and O–H groups in total. The van der Waals surface area contributed by atoms with Crippen LogP contribution in [0.5, 0.6) is 0 Å². The number of amides is 1. The molecule has 3 unspecified atom stereocenters. The van der Waals surface area contributed by atoms with Crippen LogP contribution in [0.2, 0.25) is 0 Å². The van der Waals surface area contributed by atoms with Gasteiger partial charge in [-0.25, -0.2) is 9.59 Å². The standard InChI is InChI=1S/C21H28N5O8P/c1-31-20(28)17(24-19(27)16(22)9-14-5-3-2-4-6-14)12-34-35(30)13-32-15(11-33-35)10-26-8-7-18(23)25-21(26)29/h2-8,15-17H,9-13,22H2,1H3,(H,24,27)(H2,23,25,29)/t15-,16?,17?,35?/m0/s1. The highest BCUT2D eigenvalue weighted by Crippen LogP contribution is 2.51. The van der Waals surface area contributed by atoms with Gasteiger partial charge in [0.1, 0.15) is 18.3 Å². The van der Waals surface area contributed by atoms with Crippen LogP contribution >= 0.6 is 7.60 Å². The molecule has 2 heterocycles. The molecule has 1 saturated heterocycles. The van der Waals surface area contributed by atoms with Gasteiger partial charge in [-0.1, -0.05) is 30.3 Å². The number of hydrogen-bond acceptors (Lipinski definition) is 11. The van der Waals surface area contributed by atoms with E-state index in [1.807, 2.05) is 30.3 Å². The predicted octanol–water partition coefficient (Wildman–Crippen LogP) is -0.364. The lowest BCUT2D eigenvalue weighted by Crippen LogP contribution is -2.51. The Morgan fingerprint density at radius 2 is 2.06 bits per heavy atom. The van der Waals surface area contributed by atoms with Crippen molar-refractivity contribution in [3.63, 3.8) is 0 Å². The molecule has 1 amide bonds. The van der Waals surface area contributed by atoms with Crippen molar-refractivity contribution in [2.24, 2.45) is 5.73 Å². The van der Waals surface area contributed by atoms with E-state index in [2.05, 4.69) is 10.3 Å². The Labute approximate surface area is 201 Å². The minimum Gasteiger partial charge on any atom is -0.467 e. The normalized spacial score (nSPS) is 21.6. The van der Waals surface area contributed by atoms with Crippen molar-refractivity contribution in [2.75, 3.05) is 32.4 Å². The molecule has 14 heteroatoms. The molecule has 1 aromatic carbocycles. The Balaban J connectivity index is 1.52. The van der Waals surface area contributed by atoms with Crippen LogP contribution in [0.4, 0.5) is 5.82 Å². The van der Waals surface area contributed by atoms with Crippen molar-refractivity contribution in [1.82, 2.24) is 14.9 Å². The molecule has 0 radical (unpaired) electrons. The van der Waals surface area contributed by atoms with E-state index in [0.717, 1.165) is 12.7 Å². The summed E-state index contributed by atoms with van der Waals surface area (Å²) in [5, 5.41) is 2.46. The van der Waals surface area contributed by atoms with Crippen LogP contribution in [0.1, 0.15) is 5.56 Å². The first-order chi connectivity index (χ1) is 16.7. The zero-order valence-electron chi connectivity index (χ0n) is 19.1. The molecule has 13 nitrogen and oxygen atoms in total. The zero-order chi connectivity index (χ0) is 25.4. The Morgan fingerprint density at radius 3 is 2.69 bits per heavy atom. The molecule has 190 valence electrons. The van der Waals surface area contributed by atoms with Crippen molar-refractivity contribution in [1.29, 1.82) is 0 Å². The van der Waals surface area contributed by atoms with Gasteiger partial charge in [0.15, 0.2) is 6.04 Å². The molecular weight excluding hydrogens is 481 g/mol. The van der Waals surface area contributed by atoms with E-state index in [-0.39, 0.29) is 25.4 Å². The van der Waals surface area contributed by atoms with Gasteiger partial charge in [0, 0.05) is 6.20 Å². The molecule has 2 aromatic rings. The second-order valence-corrected chi connectivity index (χ2v) is 9.78. The van der Waals surface area contributed by atoms with Gasteiger partial charge >= 0.3 is 19.3 Å². The summed E-state index contributed by atoms with van der Waals surface area (Å²) in [7, 11) is -2.59. The molecule has 0 aliphatic carbocycles. The molecule has 1 fully saturated rings. The Morgan fingerprint density at radius 1 is 1.31 bits per heavy atom. The predicted molar refractivity (Wildman–Crippen MR) is 124 cm³/mol. The second-order valence-electron chi connectivity index (χ2n) is 7.79. The Kier molecular flexibility index (Phi) is 9.13. The summed E-state index contributed by atoms with van der Waals surface area (Å²) in [6.45, 7) is -0.513. The second kappa shape index (κ2) is 12.0. The summed E-state index contributed by atoms with van der Waals surface area (Å²) >= 11 is 0. The quantitative estimate of drug-likeness (QED) is 0.280. The molecule has 3 rings (SSSR count). The maximum atomic E-state index is 12.9. The number of benzene rings is 1. The van der Waals surface area contributed by atoms with Crippen molar-refractivity contribution in [2.45, 2.75) is 31.2 Å². The van der Waals surface area contributed by atoms with Gasteiger partial charge in [-0.05, 0) is 18.1 Å². The maximum absolute atomic E-state index is 12.9. The van der Waals surface area contributed by atoms with Crippen LogP contribution in [-0.2, 0) is 45.6 Å². The van der Waals surface area contributed by atoms with Gasteiger partial charge in [0.05, 0.1) is 32.9 Å². The first-order valence-corrected chi connectivity index (χ1v) is 12.4. The lowest BCUT2D eigenvalue weighted by atomic mass is 10.1. The van der Waals surface area contributed by atoms with Gasteiger partial charge < -0.3 is 35.3 Å². The molecule has 4 atom stereocenters. The highest BCUT2D eigenvalue weighted by molar-refractivity contribution is 7.53. The smallest absolute Gasteiger partial charge is 0.356 e. The van der Waals surface area contributed by atoms with Crippen LogP contribution in [-0.4, -0.2) is 66.3 Å². The fourth-order valence-corrected chi connectivity index (χ4v) is 4.58. The van der Waals surface area contributed by atoms with Crippen molar-refractivity contribution < 1.29 is 32.7 Å². The lowest BCUT2D eigenvalue weighted by molar-refractivity contribution is -0.146. The van der Waals surface area contributed by atoms with Crippen LogP contribution in [0.3, 0.4) is 0 Å². The van der Waals surface area contributed by atoms with Crippen LogP contribution < -0.4 is 22.5 Å². The first kappa shape index (κ1) is 26.5. The Bertz CT molecular complexity index is 1120. The van der Waals surface area contributed by atoms with Crippen LogP contribution in [0.25, 0.3) is 0 Å². The Hall–Kier alpha value is -3.09. The number of anilines is 1. The largest absolute Gasteiger partial charge is 0.467 e. The number of carbonyl (C=O) groups excluding carboxylic acids is 2. The molecular formula is C21H28N5O8P. The number of nitrogen functional groups attached to an aromatic ring is 1. The summed E-state index contributed by atoms with van der Waals surface area (Å²) in [6, 6.07) is 8.42. The highest BCUT2D eigenvalue weighted by Gasteiger charge is 2.36. The van der Waals surface area contributed by atoms with Crippen LogP contribution in [0.15, 0.2) is 47.4 Å². The summed E-state index contributed by atoms with van der Waals surface area (Å²) in [5.41, 5.74) is 11.7. The summed E-state index contributed by atoms with van der Waals surface area (Å²) in [6.07, 6.45) is 0.718. The number of nitrogens with zero attached hydrogens (tertiary/aromatic N) is 2. The van der Waals surface area contributed by atoms with Crippen molar-refractivity contribution in [3.05, 3.63) is 58.6 Å². The molecule has 1 aromatic heterocycles. The molecule has 0 bridgehead atoms. The average Bonchev–Trinajstić information content (AvgIpc) is 2.85. The van der Waals surface area contributed by atoms with Gasteiger partial charge in [-0.3, -0.25) is 13.9 Å². The molecule has 0 saturated carbocycles. The van der Waals surface area contributed by atoms with E-state index in [1.54, 1.807) is 0 Å². The SMILES string of the molecule is COC(=O)C(COP1(=O)CO[C@@H](Cn2ccc(N)nc2=O)CO1)NC(=O)C(N)Cc1ccccc1. The van der Waals surface area contributed by atoms with Crippen molar-refractivity contribution in [3.8, 4) is 0 Å². The molecule has 0 spiro atoms. The fraction of sp³-hybridized carbons (Fsp3) is 0.429. The topological polar surface area (TPSA) is 187 Å². The summed E-state index contributed by atoms with van der Waals surface area (Å²) in [4.78, 5) is 40.1. The van der Waals surface area contributed by atoms with Gasteiger partial charge in [0.25, 0.3) is 0 Å². The third kappa shape index (κ3) is 7.70. The van der Waals surface area contributed by atoms with Gasteiger partial charge in [-0.15, -0.1) is 0 Å². The number of esters is 1. The third-order valence-electron chi connectivity index (χ3n) is 5.10. The minimum atomic E-state index is -3.74. The molecule has 1 aliphatic rings. The van der Waals surface area contributed by atoms with E-state index in [4.69, 9.17) is 30.0 Å². The third-order valence-corrected chi connectivity index (χ3v) is 6.65. The summed E-state index contributed by atoms with van der Waals surface area (Å²) in [5.74, 6) is -1.31. The average molecular weight is 509 g/mol. The van der Waals surface area contributed by atoms with E-state index in [1.165, 1.54) is 16.8 Å². The fourth-order valence-electron chi connectivity index (χ4n) is 3.20. The highest BCUT2D eigenvalue weighted by atomic mass is 31.2. The molecule has 1 aliphatic heterocycles. The number of aromatic nitrogens is 2. The monoisotopic (exact) mass is 509 g/mol. The van der Waals surface area contributed by atoms with Gasteiger partial charge in [-0.2, -0.15) is 4.98 Å². The number of ether oxygens (including phenoxy) is 2. The minimum absolute atomic E-state index is 0.0956. The van der Waals surface area contributed by atoms with E-state index < -0.39 is 56.3 Å². The van der Waals surface area contributed by atoms with E-state index in [9.17, 15) is 18.9 Å². The first-order valence-electron chi connectivity index (χ1n) is 10.7. The number of hydrogen-bond donors (Lipinski definition) is 3. The lowest BCUT2D eigenvalue weighted by Gasteiger charge is -2.30. The zero-order valence-corrected chi connectivity index (χ0v) is 20.0. The number of rotatable bonds is 10. The maximum Gasteiger partial charge on any atom is 0.356 e. The molecule has 35 heavy (non-hydrogen) atoms. The summed E-state index contributed by atoms with van der Waals surface area (Å²) < 4.78 is 35.1. The number of nitrogens with two attached hydrogens (primary N) is 2. The van der Waals surface area contributed by atoms with E-state index in [0.29, 0.717) is 0 Å². The van der Waals surface area contributed by atoms with E-state index >= 15 is 0 Å². The van der Waals surface area contributed by atoms with Crippen molar-refractivity contribution >= 4 is 25.3 Å². The number of methoxy groups -OCH3 is 1. The van der Waals surface area contributed by atoms with Crippen LogP contribution in [0, 0.1) is 0 Å².